The lowest BCUT2D eigenvalue weighted by atomic mass is 10.1. The van der Waals surface area contributed by atoms with Crippen molar-refractivity contribution < 1.29 is 13.2 Å². The van der Waals surface area contributed by atoms with E-state index in [0.29, 0.717) is 18.7 Å². The van der Waals surface area contributed by atoms with E-state index >= 15 is 0 Å². The van der Waals surface area contributed by atoms with Crippen LogP contribution in [0.4, 0.5) is 0 Å². The van der Waals surface area contributed by atoms with Crippen LogP contribution in [0.5, 0.6) is 0 Å². The normalized spacial score (nSPS) is 17.1. The van der Waals surface area contributed by atoms with E-state index in [1.807, 2.05) is 13.0 Å². The first-order chi connectivity index (χ1) is 8.91. The van der Waals surface area contributed by atoms with Gasteiger partial charge in [-0.2, -0.15) is 4.31 Å². The van der Waals surface area contributed by atoms with E-state index < -0.39 is 10.0 Å². The summed E-state index contributed by atoms with van der Waals surface area (Å²) >= 11 is 0. The summed E-state index contributed by atoms with van der Waals surface area (Å²) in [6, 6.07) is 6.11. The molecule has 0 unspecified atom stereocenters. The first-order valence-electron chi connectivity index (χ1n) is 6.18. The highest BCUT2D eigenvalue weighted by molar-refractivity contribution is 7.89. The zero-order chi connectivity index (χ0) is 14.0. The van der Waals surface area contributed by atoms with Gasteiger partial charge in [-0.15, -0.1) is 0 Å². The fourth-order valence-electron chi connectivity index (χ4n) is 1.98. The molecule has 5 heteroatoms. The van der Waals surface area contributed by atoms with Crippen LogP contribution in [0.25, 0.3) is 0 Å². The van der Waals surface area contributed by atoms with Gasteiger partial charge in [0.05, 0.1) is 4.90 Å². The molecule has 4 nitrogen and oxygen atoms in total. The molecule has 0 atom stereocenters. The van der Waals surface area contributed by atoms with Gasteiger partial charge in [-0.05, 0) is 32.4 Å². The summed E-state index contributed by atoms with van der Waals surface area (Å²) in [6.07, 6.45) is 2.70. The molecule has 0 N–H and O–H groups in total. The molecule has 2 rings (SSSR count). The molecule has 0 bridgehead atoms. The smallest absolute Gasteiger partial charge is 0.243 e. The van der Waals surface area contributed by atoms with Crippen LogP contribution < -0.4 is 0 Å². The Balaban J connectivity index is 2.27. The summed E-state index contributed by atoms with van der Waals surface area (Å²) in [5.41, 5.74) is 1.74. The molecule has 19 heavy (non-hydrogen) atoms. The van der Waals surface area contributed by atoms with Crippen molar-refractivity contribution in [2.75, 3.05) is 13.1 Å². The maximum Gasteiger partial charge on any atom is 0.243 e. The van der Waals surface area contributed by atoms with Crippen molar-refractivity contribution in [1.82, 2.24) is 4.31 Å². The van der Waals surface area contributed by atoms with Crippen LogP contribution in [0.3, 0.4) is 0 Å². The highest BCUT2D eigenvalue weighted by Gasteiger charge is 2.25. The third-order valence-corrected chi connectivity index (χ3v) is 5.18. The Morgan fingerprint density at radius 2 is 1.84 bits per heavy atom. The fraction of sp³-hybridized carbons (Fsp3) is 0.357. The van der Waals surface area contributed by atoms with E-state index in [2.05, 4.69) is 0 Å². The van der Waals surface area contributed by atoms with Crippen molar-refractivity contribution in [3.63, 3.8) is 0 Å². The molecule has 0 saturated carbocycles. The molecule has 1 aliphatic rings. The van der Waals surface area contributed by atoms with Crippen LogP contribution in [0.15, 0.2) is 40.8 Å². The number of carbonyl (C=O) groups excluding carboxylic acids is 1. The minimum absolute atomic E-state index is 0.0690. The Hall–Kier alpha value is -1.46. The minimum atomic E-state index is -3.45. The Labute approximate surface area is 113 Å². The molecule has 1 heterocycles. The molecular weight excluding hydrogens is 262 g/mol. The van der Waals surface area contributed by atoms with Gasteiger partial charge in [0.15, 0.2) is 5.78 Å². The van der Waals surface area contributed by atoms with E-state index in [9.17, 15) is 13.2 Å². The van der Waals surface area contributed by atoms with Crippen LogP contribution in [0, 0.1) is 0 Å². The van der Waals surface area contributed by atoms with Gasteiger partial charge in [-0.25, -0.2) is 8.42 Å². The number of benzene rings is 1. The minimum Gasteiger partial charge on any atom is -0.295 e. The Bertz CT molecular complexity index is 615. The molecule has 0 amide bonds. The first-order valence-corrected chi connectivity index (χ1v) is 7.62. The van der Waals surface area contributed by atoms with E-state index in [-0.39, 0.29) is 10.7 Å². The van der Waals surface area contributed by atoms with Gasteiger partial charge in [0.2, 0.25) is 10.0 Å². The Morgan fingerprint density at radius 1 is 1.21 bits per heavy atom. The average Bonchev–Trinajstić information content (AvgIpc) is 2.39. The quantitative estimate of drug-likeness (QED) is 0.630. The molecule has 0 saturated heterocycles. The SMILES string of the molecule is CC(=O)c1ccc(S(=O)(=O)N2CC=C(C)CC2)cc1. The lowest BCUT2D eigenvalue weighted by Gasteiger charge is -2.24. The Morgan fingerprint density at radius 3 is 2.32 bits per heavy atom. The number of hydrogen-bond acceptors (Lipinski definition) is 3. The maximum atomic E-state index is 12.4. The largest absolute Gasteiger partial charge is 0.295 e. The van der Waals surface area contributed by atoms with E-state index in [4.69, 9.17) is 0 Å². The first kappa shape index (κ1) is 14.0. The Kier molecular flexibility index (Phi) is 3.87. The number of hydrogen-bond donors (Lipinski definition) is 0. The second kappa shape index (κ2) is 5.27. The van der Waals surface area contributed by atoms with Gasteiger partial charge < -0.3 is 0 Å². The lowest BCUT2D eigenvalue weighted by molar-refractivity contribution is 0.101. The predicted molar refractivity (Wildman–Crippen MR) is 73.6 cm³/mol. The molecule has 0 aromatic heterocycles. The standard InChI is InChI=1S/C14H17NO3S/c1-11-7-9-15(10-8-11)19(17,18)14-5-3-13(4-6-14)12(2)16/h3-7H,8-10H2,1-2H3. The molecular formula is C14H17NO3S. The summed E-state index contributed by atoms with van der Waals surface area (Å²) in [4.78, 5) is 11.4. The van der Waals surface area contributed by atoms with Gasteiger partial charge in [0.1, 0.15) is 0 Å². The third kappa shape index (κ3) is 2.93. The maximum absolute atomic E-state index is 12.4. The number of Topliss-reactive ketones (excluding diaryl/α,β-unsaturated/α-hetero) is 1. The van der Waals surface area contributed by atoms with Gasteiger partial charge >= 0.3 is 0 Å². The zero-order valence-corrected chi connectivity index (χ0v) is 11.9. The number of nitrogens with zero attached hydrogens (tertiary/aromatic N) is 1. The van der Waals surface area contributed by atoms with Crippen molar-refractivity contribution in [3.8, 4) is 0 Å². The van der Waals surface area contributed by atoms with Crippen LogP contribution in [-0.2, 0) is 10.0 Å². The van der Waals surface area contributed by atoms with Crippen molar-refractivity contribution in [1.29, 1.82) is 0 Å². The van der Waals surface area contributed by atoms with Crippen LogP contribution in [0.1, 0.15) is 30.6 Å². The highest BCUT2D eigenvalue weighted by atomic mass is 32.2. The molecule has 1 aliphatic heterocycles. The van der Waals surface area contributed by atoms with Gasteiger partial charge in [0.25, 0.3) is 0 Å². The summed E-state index contributed by atoms with van der Waals surface area (Å²) in [7, 11) is -3.45. The second-order valence-electron chi connectivity index (χ2n) is 4.74. The summed E-state index contributed by atoms with van der Waals surface area (Å²) in [5.74, 6) is -0.0690. The monoisotopic (exact) mass is 279 g/mol. The van der Waals surface area contributed by atoms with Crippen molar-refractivity contribution in [2.24, 2.45) is 0 Å². The van der Waals surface area contributed by atoms with Crippen LogP contribution in [0.2, 0.25) is 0 Å². The molecule has 0 radical (unpaired) electrons. The molecule has 0 aliphatic carbocycles. The summed E-state index contributed by atoms with van der Waals surface area (Å²) in [6.45, 7) is 4.40. The third-order valence-electron chi connectivity index (χ3n) is 3.30. The van der Waals surface area contributed by atoms with Crippen molar-refractivity contribution >= 4 is 15.8 Å². The van der Waals surface area contributed by atoms with Crippen molar-refractivity contribution in [2.45, 2.75) is 25.2 Å². The molecule has 102 valence electrons. The number of ketones is 1. The van der Waals surface area contributed by atoms with Crippen LogP contribution in [-0.4, -0.2) is 31.6 Å². The van der Waals surface area contributed by atoms with E-state index in [1.54, 1.807) is 12.1 Å². The molecule has 0 fully saturated rings. The number of sulfonamides is 1. The molecule has 0 spiro atoms. The van der Waals surface area contributed by atoms with E-state index in [1.165, 1.54) is 28.9 Å². The second-order valence-corrected chi connectivity index (χ2v) is 6.68. The van der Waals surface area contributed by atoms with Crippen LogP contribution >= 0.6 is 0 Å². The predicted octanol–water partition coefficient (Wildman–Crippen LogP) is 2.23. The summed E-state index contributed by atoms with van der Waals surface area (Å²) in [5, 5.41) is 0. The zero-order valence-electron chi connectivity index (χ0n) is 11.1. The number of rotatable bonds is 3. The van der Waals surface area contributed by atoms with E-state index in [0.717, 1.165) is 6.42 Å². The molecule has 1 aromatic rings. The average molecular weight is 279 g/mol. The lowest BCUT2D eigenvalue weighted by Crippen LogP contribution is -2.34. The van der Waals surface area contributed by atoms with Crippen molar-refractivity contribution in [3.05, 3.63) is 41.5 Å². The molecule has 1 aromatic carbocycles. The highest BCUT2D eigenvalue weighted by Crippen LogP contribution is 2.20. The number of carbonyl (C=O) groups is 1. The van der Waals surface area contributed by atoms with Gasteiger partial charge in [-0.1, -0.05) is 23.8 Å². The topological polar surface area (TPSA) is 54.5 Å². The van der Waals surface area contributed by atoms with Gasteiger partial charge in [0, 0.05) is 18.7 Å². The summed E-state index contributed by atoms with van der Waals surface area (Å²) < 4.78 is 26.2. The van der Waals surface area contributed by atoms with Gasteiger partial charge in [-0.3, -0.25) is 4.79 Å². The fourth-order valence-corrected chi connectivity index (χ4v) is 3.36.